The van der Waals surface area contributed by atoms with Crippen LogP contribution in [0.2, 0.25) is 0 Å². The SMILES string of the molecule is C/C=C(\N=C(C)C)C(=O)Cc1c(C)cccc1C. The van der Waals surface area contributed by atoms with Gasteiger partial charge < -0.3 is 0 Å². The molecular formula is C16H21NO. The highest BCUT2D eigenvalue weighted by atomic mass is 16.1. The van der Waals surface area contributed by atoms with Crippen molar-refractivity contribution in [1.29, 1.82) is 0 Å². The lowest BCUT2D eigenvalue weighted by molar-refractivity contribution is -0.115. The zero-order valence-electron chi connectivity index (χ0n) is 11.9. The third-order valence-electron chi connectivity index (χ3n) is 2.88. The Bertz CT molecular complexity index is 486. The second kappa shape index (κ2) is 6.29. The van der Waals surface area contributed by atoms with Gasteiger partial charge in [-0.05, 0) is 51.3 Å². The Morgan fingerprint density at radius 2 is 1.78 bits per heavy atom. The largest absolute Gasteiger partial charge is 0.292 e. The fourth-order valence-electron chi connectivity index (χ4n) is 1.91. The quantitative estimate of drug-likeness (QED) is 0.584. The normalized spacial score (nSPS) is 11.3. The van der Waals surface area contributed by atoms with E-state index in [9.17, 15) is 4.79 Å². The van der Waals surface area contributed by atoms with Crippen molar-refractivity contribution in [3.63, 3.8) is 0 Å². The van der Waals surface area contributed by atoms with Crippen LogP contribution in [0.5, 0.6) is 0 Å². The summed E-state index contributed by atoms with van der Waals surface area (Å²) in [6, 6.07) is 6.10. The Labute approximate surface area is 109 Å². The zero-order valence-corrected chi connectivity index (χ0v) is 11.9. The molecule has 0 fully saturated rings. The molecule has 0 aromatic heterocycles. The third-order valence-corrected chi connectivity index (χ3v) is 2.88. The summed E-state index contributed by atoms with van der Waals surface area (Å²) in [6.45, 7) is 9.73. The van der Waals surface area contributed by atoms with Crippen molar-refractivity contribution >= 4 is 11.5 Å². The first-order valence-corrected chi connectivity index (χ1v) is 6.22. The van der Waals surface area contributed by atoms with E-state index in [1.165, 1.54) is 0 Å². The molecule has 0 atom stereocenters. The van der Waals surface area contributed by atoms with Crippen molar-refractivity contribution in [2.45, 2.75) is 41.0 Å². The summed E-state index contributed by atoms with van der Waals surface area (Å²) >= 11 is 0. The van der Waals surface area contributed by atoms with Gasteiger partial charge in [0.15, 0.2) is 5.78 Å². The second-order valence-electron chi connectivity index (χ2n) is 4.70. The van der Waals surface area contributed by atoms with Crippen LogP contribution in [0.4, 0.5) is 0 Å². The summed E-state index contributed by atoms with van der Waals surface area (Å²) in [4.78, 5) is 16.5. The van der Waals surface area contributed by atoms with Crippen LogP contribution in [0.15, 0.2) is 35.0 Å². The molecule has 2 heteroatoms. The Hall–Kier alpha value is -1.70. The Balaban J connectivity index is 2.98. The van der Waals surface area contributed by atoms with E-state index in [2.05, 4.69) is 4.99 Å². The van der Waals surface area contributed by atoms with Gasteiger partial charge >= 0.3 is 0 Å². The minimum Gasteiger partial charge on any atom is -0.292 e. The molecule has 0 aliphatic rings. The number of allylic oxidation sites excluding steroid dienone is 2. The number of ketones is 1. The van der Waals surface area contributed by atoms with Gasteiger partial charge in [-0.15, -0.1) is 0 Å². The van der Waals surface area contributed by atoms with Crippen LogP contribution in [0.25, 0.3) is 0 Å². The molecule has 0 aliphatic carbocycles. The maximum atomic E-state index is 12.2. The molecule has 0 radical (unpaired) electrons. The molecule has 0 amide bonds. The molecule has 1 rings (SSSR count). The van der Waals surface area contributed by atoms with Crippen molar-refractivity contribution in [2.75, 3.05) is 0 Å². The summed E-state index contributed by atoms with van der Waals surface area (Å²) in [5.74, 6) is 0.0797. The van der Waals surface area contributed by atoms with E-state index in [1.54, 1.807) is 6.08 Å². The lowest BCUT2D eigenvalue weighted by Crippen LogP contribution is -2.08. The van der Waals surface area contributed by atoms with Gasteiger partial charge in [0, 0.05) is 12.1 Å². The number of hydrogen-bond acceptors (Lipinski definition) is 2. The molecule has 0 heterocycles. The summed E-state index contributed by atoms with van der Waals surface area (Å²) in [5, 5.41) is 0. The van der Waals surface area contributed by atoms with E-state index < -0.39 is 0 Å². The number of aliphatic imine (C=N–C) groups is 1. The van der Waals surface area contributed by atoms with Crippen molar-refractivity contribution in [1.82, 2.24) is 0 Å². The number of rotatable bonds is 4. The van der Waals surface area contributed by atoms with Crippen LogP contribution in [0.3, 0.4) is 0 Å². The zero-order chi connectivity index (χ0) is 13.7. The van der Waals surface area contributed by atoms with Gasteiger partial charge in [-0.3, -0.25) is 9.79 Å². The van der Waals surface area contributed by atoms with Crippen LogP contribution in [0, 0.1) is 13.8 Å². The van der Waals surface area contributed by atoms with Gasteiger partial charge in [-0.2, -0.15) is 0 Å². The van der Waals surface area contributed by atoms with Gasteiger partial charge in [-0.25, -0.2) is 0 Å². The number of nitrogens with zero attached hydrogens (tertiary/aromatic N) is 1. The van der Waals surface area contributed by atoms with Gasteiger partial charge in [0.05, 0.1) is 0 Å². The molecule has 0 N–H and O–H groups in total. The summed E-state index contributed by atoms with van der Waals surface area (Å²) in [7, 11) is 0. The average molecular weight is 243 g/mol. The van der Waals surface area contributed by atoms with Crippen molar-refractivity contribution in [3.05, 3.63) is 46.7 Å². The van der Waals surface area contributed by atoms with Gasteiger partial charge in [0.2, 0.25) is 0 Å². The summed E-state index contributed by atoms with van der Waals surface area (Å²) in [5.41, 5.74) is 4.90. The highest BCUT2D eigenvalue weighted by molar-refractivity contribution is 5.99. The Kier molecular flexibility index (Phi) is 5.02. The molecule has 0 saturated heterocycles. The highest BCUT2D eigenvalue weighted by Crippen LogP contribution is 2.16. The number of hydrogen-bond donors (Lipinski definition) is 0. The van der Waals surface area contributed by atoms with Crippen LogP contribution in [0.1, 0.15) is 37.5 Å². The third kappa shape index (κ3) is 3.66. The fraction of sp³-hybridized carbons (Fsp3) is 0.375. The number of carbonyl (C=O) groups excluding carboxylic acids is 1. The lowest BCUT2D eigenvalue weighted by atomic mass is 9.97. The molecule has 1 aromatic carbocycles. The fourth-order valence-corrected chi connectivity index (χ4v) is 1.91. The standard InChI is InChI=1S/C16H21NO/c1-6-15(17-11(2)3)16(18)10-14-12(4)8-7-9-13(14)5/h6-9H,10H2,1-5H3/b15-6-. The maximum absolute atomic E-state index is 12.2. The molecule has 0 saturated carbocycles. The number of carbonyl (C=O) groups is 1. The Morgan fingerprint density at radius 1 is 1.22 bits per heavy atom. The Morgan fingerprint density at radius 3 is 2.22 bits per heavy atom. The van der Waals surface area contributed by atoms with Crippen LogP contribution >= 0.6 is 0 Å². The molecule has 0 bridgehead atoms. The molecular weight excluding hydrogens is 222 g/mol. The number of aryl methyl sites for hydroxylation is 2. The smallest absolute Gasteiger partial charge is 0.185 e. The monoisotopic (exact) mass is 243 g/mol. The molecule has 2 nitrogen and oxygen atoms in total. The predicted octanol–water partition coefficient (Wildman–Crippen LogP) is 3.80. The maximum Gasteiger partial charge on any atom is 0.185 e. The topological polar surface area (TPSA) is 29.4 Å². The van der Waals surface area contributed by atoms with Crippen LogP contribution in [-0.2, 0) is 11.2 Å². The molecule has 0 unspecified atom stereocenters. The van der Waals surface area contributed by atoms with Crippen LogP contribution < -0.4 is 0 Å². The van der Waals surface area contributed by atoms with Crippen molar-refractivity contribution < 1.29 is 4.79 Å². The van der Waals surface area contributed by atoms with Crippen molar-refractivity contribution in [2.24, 2.45) is 4.99 Å². The predicted molar refractivity (Wildman–Crippen MR) is 77.2 cm³/mol. The summed E-state index contributed by atoms with van der Waals surface area (Å²) < 4.78 is 0. The number of Topliss-reactive ketones (excluding diaryl/α,β-unsaturated/α-hetero) is 1. The highest BCUT2D eigenvalue weighted by Gasteiger charge is 2.12. The first kappa shape index (κ1) is 14.4. The molecule has 0 spiro atoms. The van der Waals surface area contributed by atoms with Gasteiger partial charge in [0.25, 0.3) is 0 Å². The minimum absolute atomic E-state index is 0.0797. The average Bonchev–Trinajstić information content (AvgIpc) is 2.30. The molecule has 0 aliphatic heterocycles. The van der Waals surface area contributed by atoms with E-state index in [0.29, 0.717) is 12.1 Å². The van der Waals surface area contributed by atoms with E-state index in [4.69, 9.17) is 0 Å². The molecule has 96 valence electrons. The van der Waals surface area contributed by atoms with Crippen LogP contribution in [-0.4, -0.2) is 11.5 Å². The van der Waals surface area contributed by atoms with E-state index in [1.807, 2.05) is 52.8 Å². The van der Waals surface area contributed by atoms with Crippen molar-refractivity contribution in [3.8, 4) is 0 Å². The molecule has 18 heavy (non-hydrogen) atoms. The van der Waals surface area contributed by atoms with Gasteiger partial charge in [-0.1, -0.05) is 24.3 Å². The van der Waals surface area contributed by atoms with E-state index in [-0.39, 0.29) is 5.78 Å². The minimum atomic E-state index is 0.0797. The summed E-state index contributed by atoms with van der Waals surface area (Å²) in [6.07, 6.45) is 2.21. The second-order valence-corrected chi connectivity index (χ2v) is 4.70. The first-order valence-electron chi connectivity index (χ1n) is 6.22. The number of benzene rings is 1. The van der Waals surface area contributed by atoms with E-state index >= 15 is 0 Å². The van der Waals surface area contributed by atoms with Gasteiger partial charge in [0.1, 0.15) is 5.70 Å². The first-order chi connectivity index (χ1) is 8.45. The molecule has 1 aromatic rings. The van der Waals surface area contributed by atoms with E-state index in [0.717, 1.165) is 22.4 Å². The lowest BCUT2D eigenvalue weighted by Gasteiger charge is -2.09.